The first-order chi connectivity index (χ1) is 18.1. The molecule has 5 heteroatoms. The molecule has 5 aromatic rings. The van der Waals surface area contributed by atoms with Gasteiger partial charge in [-0.25, -0.2) is 9.98 Å². The zero-order chi connectivity index (χ0) is 25.2. The molecule has 178 valence electrons. The number of hydrogen-bond acceptors (Lipinski definition) is 1. The molecule has 0 unspecified atom stereocenters. The number of H-pyrrole nitrogens is 1. The van der Waals surface area contributed by atoms with Crippen LogP contribution in [0.1, 0.15) is 11.1 Å². The number of nitrogens with zero attached hydrogens (tertiary/aromatic N) is 2. The molecule has 0 saturated heterocycles. The Labute approximate surface area is 232 Å². The molecule has 37 heavy (non-hydrogen) atoms. The number of amidine groups is 1. The Morgan fingerprint density at radius 3 is 1.78 bits per heavy atom. The van der Waals surface area contributed by atoms with Crippen LogP contribution in [-0.2, 0) is 0 Å². The number of aromatic nitrogens is 1. The maximum atomic E-state index is 5.14. The van der Waals surface area contributed by atoms with Crippen LogP contribution in [0.25, 0.3) is 28.0 Å². The van der Waals surface area contributed by atoms with E-state index in [0.717, 1.165) is 59.6 Å². The van der Waals surface area contributed by atoms with Crippen molar-refractivity contribution >= 4 is 54.8 Å². The topological polar surface area (TPSA) is 40.5 Å². The van der Waals surface area contributed by atoms with Crippen LogP contribution in [-0.4, -0.2) is 16.5 Å². The largest absolute Gasteiger partial charge is 0.339 e. The third kappa shape index (κ3) is 5.06. The average Bonchev–Trinajstić information content (AvgIpc) is 3.56. The van der Waals surface area contributed by atoms with Crippen LogP contribution in [0.5, 0.6) is 0 Å². The van der Waals surface area contributed by atoms with Crippen LogP contribution in [0.15, 0.2) is 140 Å². The summed E-state index contributed by atoms with van der Waals surface area (Å²) < 4.78 is 2.07. The Balaban J connectivity index is 1.52. The summed E-state index contributed by atoms with van der Waals surface area (Å²) in [6.45, 7) is 0. The quantitative estimate of drug-likeness (QED) is 0.207. The highest BCUT2D eigenvalue weighted by molar-refractivity contribution is 9.10. The van der Waals surface area contributed by atoms with E-state index in [1.54, 1.807) is 0 Å². The second-order valence-electron chi connectivity index (χ2n) is 8.68. The van der Waals surface area contributed by atoms with Crippen LogP contribution in [0.4, 0.5) is 5.82 Å². The van der Waals surface area contributed by atoms with Gasteiger partial charge in [0.15, 0.2) is 5.84 Å². The molecule has 1 aromatic heterocycles. The van der Waals surface area contributed by atoms with E-state index in [1.165, 1.54) is 0 Å². The van der Waals surface area contributed by atoms with Gasteiger partial charge in [-0.1, -0.05) is 117 Å². The minimum Gasteiger partial charge on any atom is -0.339 e. The number of rotatable bonds is 5. The molecule has 0 radical (unpaired) electrons. The minimum absolute atomic E-state index is 0.681. The Morgan fingerprint density at radius 1 is 0.595 bits per heavy atom. The summed E-state index contributed by atoms with van der Waals surface area (Å²) in [5.74, 6) is 1.46. The molecular formula is C32H21Br2N3. The molecule has 1 N–H and O–H groups in total. The lowest BCUT2D eigenvalue weighted by Crippen LogP contribution is -1.95. The van der Waals surface area contributed by atoms with Gasteiger partial charge in [0.1, 0.15) is 5.82 Å². The lowest BCUT2D eigenvalue weighted by molar-refractivity contribution is 1.33. The Bertz CT molecular complexity index is 1650. The molecule has 1 aliphatic heterocycles. The molecule has 1 aliphatic rings. The number of hydrogen-bond donors (Lipinski definition) is 1. The SMILES string of the molecule is Brc1ccc(C2=CC(c3ccccc3)=N/C2=N\c2[nH]c(-c3ccccc3)cc2-c2ccc(Br)cc2)cc1. The predicted octanol–water partition coefficient (Wildman–Crippen LogP) is 9.49. The lowest BCUT2D eigenvalue weighted by atomic mass is 10.0. The molecular weight excluding hydrogens is 586 g/mol. The highest BCUT2D eigenvalue weighted by Crippen LogP contribution is 2.37. The van der Waals surface area contributed by atoms with Crippen molar-refractivity contribution in [2.75, 3.05) is 0 Å². The maximum Gasteiger partial charge on any atom is 0.162 e. The van der Waals surface area contributed by atoms with E-state index >= 15 is 0 Å². The Hall–Kier alpha value is -3.80. The fraction of sp³-hybridized carbons (Fsp3) is 0. The van der Waals surface area contributed by atoms with E-state index in [1.807, 2.05) is 48.5 Å². The summed E-state index contributed by atoms with van der Waals surface area (Å²) in [5, 5.41) is 0. The summed E-state index contributed by atoms with van der Waals surface area (Å²) in [4.78, 5) is 13.7. The van der Waals surface area contributed by atoms with Crippen molar-refractivity contribution in [2.45, 2.75) is 0 Å². The van der Waals surface area contributed by atoms with E-state index in [2.05, 4.69) is 110 Å². The number of nitrogens with one attached hydrogen (secondary N) is 1. The van der Waals surface area contributed by atoms with Crippen molar-refractivity contribution in [3.05, 3.63) is 141 Å². The van der Waals surface area contributed by atoms with Gasteiger partial charge in [0, 0.05) is 31.3 Å². The monoisotopic (exact) mass is 605 g/mol. The third-order valence-corrected chi connectivity index (χ3v) is 7.29. The van der Waals surface area contributed by atoms with E-state index in [9.17, 15) is 0 Å². The first kappa shape index (κ1) is 23.6. The minimum atomic E-state index is 0.681. The summed E-state index contributed by atoms with van der Waals surface area (Å²) in [7, 11) is 0. The van der Waals surface area contributed by atoms with Gasteiger partial charge >= 0.3 is 0 Å². The molecule has 0 atom stereocenters. The van der Waals surface area contributed by atoms with Crippen molar-refractivity contribution in [1.82, 2.24) is 4.98 Å². The highest BCUT2D eigenvalue weighted by atomic mass is 79.9. The first-order valence-corrected chi connectivity index (χ1v) is 13.5. The van der Waals surface area contributed by atoms with Gasteiger partial charge in [-0.05, 0) is 53.1 Å². The Morgan fingerprint density at radius 2 is 1.16 bits per heavy atom. The zero-order valence-electron chi connectivity index (χ0n) is 19.7. The number of benzene rings is 4. The van der Waals surface area contributed by atoms with Crippen molar-refractivity contribution in [2.24, 2.45) is 9.98 Å². The number of halogens is 2. The van der Waals surface area contributed by atoms with E-state index in [0.29, 0.717) is 5.84 Å². The molecule has 6 rings (SSSR count). The standard InChI is InChI=1S/C32H21Br2N3/c33-25-15-11-21(12-16-25)27-19-29(23-7-3-1-4-8-23)35-31(27)37-32-28(22-13-17-26(34)18-14-22)20-30(36-32)24-9-5-2-6-10-24/h1-20,35H/b37-32-. The van der Waals surface area contributed by atoms with Gasteiger partial charge in [-0.2, -0.15) is 0 Å². The van der Waals surface area contributed by atoms with Crippen molar-refractivity contribution < 1.29 is 0 Å². The van der Waals surface area contributed by atoms with Gasteiger partial charge < -0.3 is 4.98 Å². The van der Waals surface area contributed by atoms with Gasteiger partial charge in [0.2, 0.25) is 0 Å². The molecule has 2 heterocycles. The van der Waals surface area contributed by atoms with Crippen molar-refractivity contribution in [3.8, 4) is 22.4 Å². The average molecular weight is 607 g/mol. The maximum absolute atomic E-state index is 5.14. The highest BCUT2D eigenvalue weighted by Gasteiger charge is 2.21. The number of aromatic amines is 1. The van der Waals surface area contributed by atoms with Crippen LogP contribution >= 0.6 is 31.9 Å². The molecule has 3 nitrogen and oxygen atoms in total. The normalized spacial score (nSPS) is 14.1. The van der Waals surface area contributed by atoms with Crippen molar-refractivity contribution in [1.29, 1.82) is 0 Å². The predicted molar refractivity (Wildman–Crippen MR) is 162 cm³/mol. The van der Waals surface area contributed by atoms with Crippen LogP contribution in [0.2, 0.25) is 0 Å². The fourth-order valence-corrected chi connectivity index (χ4v) is 4.88. The fourth-order valence-electron chi connectivity index (χ4n) is 4.35. The number of allylic oxidation sites excluding steroid dienone is 1. The molecule has 4 aromatic carbocycles. The molecule has 0 fully saturated rings. The summed E-state index contributed by atoms with van der Waals surface area (Å²) in [5.41, 5.74) is 8.25. The second kappa shape index (κ2) is 10.3. The van der Waals surface area contributed by atoms with E-state index in [-0.39, 0.29) is 0 Å². The summed E-state index contributed by atoms with van der Waals surface area (Å²) in [6, 6.07) is 39.3. The van der Waals surface area contributed by atoms with Gasteiger partial charge in [0.25, 0.3) is 0 Å². The van der Waals surface area contributed by atoms with E-state index < -0.39 is 0 Å². The smallest absolute Gasteiger partial charge is 0.162 e. The van der Waals surface area contributed by atoms with Gasteiger partial charge in [-0.15, -0.1) is 0 Å². The first-order valence-electron chi connectivity index (χ1n) is 11.9. The zero-order valence-corrected chi connectivity index (χ0v) is 22.9. The lowest BCUT2D eigenvalue weighted by Gasteiger charge is -2.05. The molecule has 0 aliphatic carbocycles. The van der Waals surface area contributed by atoms with E-state index in [4.69, 9.17) is 9.98 Å². The van der Waals surface area contributed by atoms with Gasteiger partial charge in [0.05, 0.1) is 5.71 Å². The van der Waals surface area contributed by atoms with Crippen LogP contribution in [0, 0.1) is 0 Å². The Kier molecular flexibility index (Phi) is 6.56. The van der Waals surface area contributed by atoms with Crippen LogP contribution in [0.3, 0.4) is 0 Å². The molecule has 0 spiro atoms. The molecule has 0 amide bonds. The molecule has 0 bridgehead atoms. The summed E-state index contributed by atoms with van der Waals surface area (Å²) in [6.07, 6.45) is 2.12. The van der Waals surface area contributed by atoms with Crippen molar-refractivity contribution in [3.63, 3.8) is 0 Å². The van der Waals surface area contributed by atoms with Crippen LogP contribution < -0.4 is 0 Å². The third-order valence-electron chi connectivity index (χ3n) is 6.23. The molecule has 0 saturated carbocycles. The van der Waals surface area contributed by atoms with Gasteiger partial charge in [-0.3, -0.25) is 0 Å². The summed E-state index contributed by atoms with van der Waals surface area (Å²) >= 11 is 7.10. The number of aliphatic imine (C=N–C) groups is 2. The second-order valence-corrected chi connectivity index (χ2v) is 10.5.